The monoisotopic (exact) mass is 414 g/mol. The van der Waals surface area contributed by atoms with Crippen LogP contribution in [0, 0.1) is 0 Å². The summed E-state index contributed by atoms with van der Waals surface area (Å²) >= 11 is 5.93. The summed E-state index contributed by atoms with van der Waals surface area (Å²) in [5.74, 6) is -0.321. The SMILES string of the molecule is CC(C)(C(=O)NC1(CN2CCC2)CC1)n1cc(C(F)(F)F)c2ccc(Cl)nc21. The second-order valence-electron chi connectivity index (χ2n) is 8.34. The number of fused-ring (bicyclic) bond motifs is 1. The summed E-state index contributed by atoms with van der Waals surface area (Å²) in [4.78, 5) is 19.5. The fraction of sp³-hybridized carbons (Fsp3) is 0.579. The van der Waals surface area contributed by atoms with Crippen LogP contribution in [0.25, 0.3) is 11.0 Å². The van der Waals surface area contributed by atoms with E-state index in [9.17, 15) is 18.0 Å². The third-order valence-electron chi connectivity index (χ3n) is 5.79. The predicted molar refractivity (Wildman–Crippen MR) is 100 cm³/mol. The molecule has 3 heterocycles. The summed E-state index contributed by atoms with van der Waals surface area (Å²) in [7, 11) is 0. The van der Waals surface area contributed by atoms with E-state index in [1.807, 2.05) is 0 Å². The van der Waals surface area contributed by atoms with E-state index < -0.39 is 17.3 Å². The molecule has 1 aliphatic carbocycles. The third-order valence-corrected chi connectivity index (χ3v) is 6.00. The van der Waals surface area contributed by atoms with Crippen molar-refractivity contribution in [2.45, 2.75) is 50.4 Å². The predicted octanol–water partition coefficient (Wildman–Crippen LogP) is 3.80. The van der Waals surface area contributed by atoms with Gasteiger partial charge in [-0.1, -0.05) is 11.6 Å². The Morgan fingerprint density at radius 1 is 1.29 bits per heavy atom. The van der Waals surface area contributed by atoms with Crippen molar-refractivity contribution in [3.63, 3.8) is 0 Å². The Bertz CT molecular complexity index is 929. The van der Waals surface area contributed by atoms with Crippen molar-refractivity contribution in [1.82, 2.24) is 19.8 Å². The molecule has 4 rings (SSSR count). The fourth-order valence-electron chi connectivity index (χ4n) is 3.68. The molecule has 152 valence electrons. The Morgan fingerprint density at radius 2 is 1.96 bits per heavy atom. The van der Waals surface area contributed by atoms with Crippen LogP contribution in [0.5, 0.6) is 0 Å². The average Bonchev–Trinajstić information content (AvgIpc) is 3.19. The Morgan fingerprint density at radius 3 is 2.50 bits per heavy atom. The van der Waals surface area contributed by atoms with Gasteiger partial charge in [0.15, 0.2) is 0 Å². The summed E-state index contributed by atoms with van der Waals surface area (Å²) in [6.45, 7) is 6.05. The molecule has 2 fully saturated rings. The van der Waals surface area contributed by atoms with Gasteiger partial charge in [-0.05, 0) is 58.3 Å². The molecule has 0 aromatic carbocycles. The van der Waals surface area contributed by atoms with Crippen LogP contribution >= 0.6 is 11.6 Å². The number of likely N-dealkylation sites (tertiary alicyclic amines) is 1. The van der Waals surface area contributed by atoms with Gasteiger partial charge in [-0.3, -0.25) is 4.79 Å². The molecular weight excluding hydrogens is 393 g/mol. The van der Waals surface area contributed by atoms with Crippen LogP contribution in [-0.4, -0.2) is 45.5 Å². The lowest BCUT2D eigenvalue weighted by atomic mass is 10.0. The van der Waals surface area contributed by atoms with Crippen molar-refractivity contribution in [1.29, 1.82) is 0 Å². The molecule has 1 N–H and O–H groups in total. The van der Waals surface area contributed by atoms with Gasteiger partial charge in [0.1, 0.15) is 16.3 Å². The first kappa shape index (κ1) is 19.5. The highest BCUT2D eigenvalue weighted by Gasteiger charge is 2.48. The maximum atomic E-state index is 13.5. The van der Waals surface area contributed by atoms with Crippen molar-refractivity contribution in [3.05, 3.63) is 29.0 Å². The fourth-order valence-corrected chi connectivity index (χ4v) is 3.82. The molecule has 28 heavy (non-hydrogen) atoms. The number of rotatable bonds is 5. The molecule has 0 spiro atoms. The smallest absolute Gasteiger partial charge is 0.347 e. The van der Waals surface area contributed by atoms with Gasteiger partial charge in [0.05, 0.1) is 11.1 Å². The summed E-state index contributed by atoms with van der Waals surface area (Å²) in [5, 5.41) is 3.10. The second kappa shape index (κ2) is 6.35. The van der Waals surface area contributed by atoms with Crippen molar-refractivity contribution >= 4 is 28.5 Å². The van der Waals surface area contributed by atoms with Gasteiger partial charge in [0.25, 0.3) is 0 Å². The van der Waals surface area contributed by atoms with Gasteiger partial charge in [0, 0.05) is 18.1 Å². The Kier molecular flexibility index (Phi) is 4.43. The molecule has 2 aromatic rings. The maximum absolute atomic E-state index is 13.5. The number of halogens is 4. The largest absolute Gasteiger partial charge is 0.418 e. The quantitative estimate of drug-likeness (QED) is 0.757. The molecule has 0 unspecified atom stereocenters. The molecule has 1 saturated heterocycles. The van der Waals surface area contributed by atoms with E-state index in [1.54, 1.807) is 13.8 Å². The first-order valence-corrected chi connectivity index (χ1v) is 9.70. The van der Waals surface area contributed by atoms with Crippen molar-refractivity contribution in [2.75, 3.05) is 19.6 Å². The van der Waals surface area contributed by atoms with Gasteiger partial charge in [0.2, 0.25) is 5.91 Å². The van der Waals surface area contributed by atoms with Crippen LogP contribution < -0.4 is 5.32 Å². The van der Waals surface area contributed by atoms with E-state index in [4.69, 9.17) is 11.6 Å². The van der Waals surface area contributed by atoms with Gasteiger partial charge >= 0.3 is 6.18 Å². The zero-order valence-electron chi connectivity index (χ0n) is 15.7. The number of alkyl halides is 3. The van der Waals surface area contributed by atoms with Gasteiger partial charge < -0.3 is 14.8 Å². The van der Waals surface area contributed by atoms with E-state index in [1.165, 1.54) is 16.7 Å². The van der Waals surface area contributed by atoms with Crippen molar-refractivity contribution < 1.29 is 18.0 Å². The van der Waals surface area contributed by atoms with Gasteiger partial charge in [-0.2, -0.15) is 13.2 Å². The van der Waals surface area contributed by atoms with Crippen molar-refractivity contribution in [2.24, 2.45) is 0 Å². The second-order valence-corrected chi connectivity index (χ2v) is 8.73. The van der Waals surface area contributed by atoms with Crippen LogP contribution in [0.3, 0.4) is 0 Å². The lowest BCUT2D eigenvalue weighted by Crippen LogP contribution is -2.54. The number of hydrogen-bond donors (Lipinski definition) is 1. The summed E-state index contributed by atoms with van der Waals surface area (Å²) < 4.78 is 41.8. The number of carbonyl (C=O) groups excluding carboxylic acids is 1. The lowest BCUT2D eigenvalue weighted by Gasteiger charge is -2.36. The van der Waals surface area contributed by atoms with Crippen LogP contribution in [0.4, 0.5) is 13.2 Å². The number of nitrogens with zero attached hydrogens (tertiary/aromatic N) is 3. The molecule has 0 radical (unpaired) electrons. The van der Waals surface area contributed by atoms with Crippen LogP contribution in [-0.2, 0) is 16.5 Å². The summed E-state index contributed by atoms with van der Waals surface area (Å²) in [5.41, 5.74) is -2.30. The molecule has 2 aromatic heterocycles. The molecule has 1 saturated carbocycles. The number of amides is 1. The topological polar surface area (TPSA) is 50.2 Å². The minimum absolute atomic E-state index is 0.0487. The highest BCUT2D eigenvalue weighted by molar-refractivity contribution is 6.29. The highest BCUT2D eigenvalue weighted by atomic mass is 35.5. The zero-order chi connectivity index (χ0) is 20.3. The number of carbonyl (C=O) groups is 1. The Labute approximate surface area is 165 Å². The average molecular weight is 415 g/mol. The number of pyridine rings is 1. The van der Waals surface area contributed by atoms with Gasteiger partial charge in [-0.15, -0.1) is 0 Å². The van der Waals surface area contributed by atoms with E-state index in [0.717, 1.165) is 45.1 Å². The Balaban J connectivity index is 1.67. The van der Waals surface area contributed by atoms with Crippen LogP contribution in [0.1, 0.15) is 38.7 Å². The molecule has 2 aliphatic rings. The standard InChI is InChI=1S/C19H22ClF3N4O/c1-17(2,16(28)25-18(6-7-18)11-26-8-3-9-26)27-10-13(19(21,22)23)12-4-5-14(20)24-15(12)27/h4-5,10H,3,6-9,11H2,1-2H3,(H,25,28). The number of nitrogens with one attached hydrogen (secondary N) is 1. The van der Waals surface area contributed by atoms with Crippen LogP contribution in [0.15, 0.2) is 18.3 Å². The minimum Gasteiger partial charge on any atom is -0.347 e. The third kappa shape index (κ3) is 3.37. The summed E-state index contributed by atoms with van der Waals surface area (Å²) in [6.07, 6.45) is -0.661. The Hall–Kier alpha value is -1.80. The molecule has 1 amide bonds. The van der Waals surface area contributed by atoms with Crippen LogP contribution in [0.2, 0.25) is 5.15 Å². The molecule has 0 bridgehead atoms. The van der Waals surface area contributed by atoms with E-state index >= 15 is 0 Å². The van der Waals surface area contributed by atoms with Crippen molar-refractivity contribution in [3.8, 4) is 0 Å². The van der Waals surface area contributed by atoms with Gasteiger partial charge in [-0.25, -0.2) is 4.98 Å². The zero-order valence-corrected chi connectivity index (χ0v) is 16.5. The van der Waals surface area contributed by atoms with E-state index in [0.29, 0.717) is 0 Å². The normalized spacial score (nSPS) is 19.5. The molecule has 9 heteroatoms. The summed E-state index contributed by atoms with van der Waals surface area (Å²) in [6, 6.07) is 2.62. The van der Waals surface area contributed by atoms with E-state index in [2.05, 4.69) is 15.2 Å². The first-order valence-electron chi connectivity index (χ1n) is 9.32. The molecule has 0 atom stereocenters. The number of aromatic nitrogens is 2. The minimum atomic E-state index is -4.55. The molecular formula is C19H22ClF3N4O. The molecule has 1 aliphatic heterocycles. The number of hydrogen-bond acceptors (Lipinski definition) is 3. The first-order chi connectivity index (χ1) is 13.0. The lowest BCUT2D eigenvalue weighted by molar-refractivity contribution is -0.137. The molecule has 5 nitrogen and oxygen atoms in total. The highest BCUT2D eigenvalue weighted by Crippen LogP contribution is 2.40. The van der Waals surface area contributed by atoms with E-state index in [-0.39, 0.29) is 27.6 Å². The maximum Gasteiger partial charge on any atom is 0.418 e.